The van der Waals surface area contributed by atoms with Crippen LogP contribution in [-0.2, 0) is 31.1 Å². The zero-order chi connectivity index (χ0) is 25.8. The van der Waals surface area contributed by atoms with E-state index >= 15 is 0 Å². The topological polar surface area (TPSA) is 140 Å². The molecule has 188 valence electrons. The maximum absolute atomic E-state index is 13.8. The number of halogens is 1. The first-order chi connectivity index (χ1) is 17.2. The van der Waals surface area contributed by atoms with E-state index in [4.69, 9.17) is 26.8 Å². The predicted molar refractivity (Wildman–Crippen MR) is 129 cm³/mol. The summed E-state index contributed by atoms with van der Waals surface area (Å²) in [6, 6.07) is 9.46. The van der Waals surface area contributed by atoms with E-state index in [1.54, 1.807) is 30.3 Å². The van der Waals surface area contributed by atoms with Crippen molar-refractivity contribution in [3.8, 4) is 11.5 Å². The van der Waals surface area contributed by atoms with Crippen LogP contribution in [0.15, 0.2) is 36.4 Å². The molecule has 0 bridgehead atoms. The van der Waals surface area contributed by atoms with E-state index in [9.17, 15) is 19.2 Å². The van der Waals surface area contributed by atoms with Crippen LogP contribution < -0.4 is 25.8 Å². The molecular weight excluding hydrogens is 488 g/mol. The Bertz CT molecular complexity index is 1300. The number of nitrogens with zero attached hydrogens (tertiary/aromatic N) is 1. The molecule has 0 unspecified atom stereocenters. The fourth-order valence-corrected chi connectivity index (χ4v) is 5.89. The minimum atomic E-state index is -1.53. The van der Waals surface area contributed by atoms with Gasteiger partial charge in [-0.2, -0.15) is 0 Å². The smallest absolute Gasteiger partial charge is 0.250 e. The molecule has 2 saturated heterocycles. The van der Waals surface area contributed by atoms with Crippen LogP contribution in [0.1, 0.15) is 17.5 Å². The average molecular weight is 513 g/mol. The average Bonchev–Trinajstić information content (AvgIpc) is 3.41. The van der Waals surface area contributed by atoms with Gasteiger partial charge in [-0.15, -0.1) is 0 Å². The zero-order valence-corrected chi connectivity index (χ0v) is 20.4. The summed E-state index contributed by atoms with van der Waals surface area (Å²) in [7, 11) is 3.06. The summed E-state index contributed by atoms with van der Waals surface area (Å²) in [6.45, 7) is 0.101. The maximum atomic E-state index is 13.8. The summed E-state index contributed by atoms with van der Waals surface area (Å²) >= 11 is 6.23. The number of hydrogen-bond donors (Lipinski definition) is 3. The Kier molecular flexibility index (Phi) is 5.88. The van der Waals surface area contributed by atoms with Gasteiger partial charge in [0, 0.05) is 35.3 Å². The molecule has 0 aromatic heterocycles. The first-order valence-electron chi connectivity index (χ1n) is 11.4. The van der Waals surface area contributed by atoms with Gasteiger partial charge in [0.25, 0.3) is 0 Å². The third-order valence-electron chi connectivity index (χ3n) is 7.26. The second kappa shape index (κ2) is 8.79. The highest BCUT2D eigenvalue weighted by molar-refractivity contribution is 6.31. The van der Waals surface area contributed by atoms with Crippen molar-refractivity contribution < 1.29 is 28.7 Å². The molecule has 3 heterocycles. The van der Waals surface area contributed by atoms with Gasteiger partial charge in [0.2, 0.25) is 23.6 Å². The van der Waals surface area contributed by atoms with Gasteiger partial charge in [-0.25, -0.2) is 0 Å². The fourth-order valence-electron chi connectivity index (χ4n) is 5.72. The molecule has 3 aliphatic heterocycles. The molecule has 5 rings (SSSR count). The molecule has 11 heteroatoms. The second-order valence-electron chi connectivity index (χ2n) is 9.14. The standard InChI is InChI=1S/C25H25ClN4O6/c1-35-17-6-3-12(9-18(17)36-2)7-8-30-22(32)20-16(11-19(27)31)29-25(21(20)23(30)33)14-10-13(26)4-5-15(14)28-24(25)34/h3-6,9-10,16,20-21,29H,7-8,11H2,1-2H3,(H2,27,31)(H,28,34)/t16-,20+,21+,25-/m1/s1. The molecule has 4 atom stereocenters. The summed E-state index contributed by atoms with van der Waals surface area (Å²) in [5.41, 5.74) is 5.74. The highest BCUT2D eigenvalue weighted by Crippen LogP contribution is 2.53. The van der Waals surface area contributed by atoms with Crippen LogP contribution in [0.2, 0.25) is 5.02 Å². The summed E-state index contributed by atoms with van der Waals surface area (Å²) in [5, 5.41) is 6.32. The molecule has 4 amide bonds. The van der Waals surface area contributed by atoms with Crippen molar-refractivity contribution in [1.29, 1.82) is 0 Å². The van der Waals surface area contributed by atoms with Crippen molar-refractivity contribution in [3.05, 3.63) is 52.5 Å². The maximum Gasteiger partial charge on any atom is 0.250 e. The number of amides is 4. The third-order valence-corrected chi connectivity index (χ3v) is 7.50. The number of methoxy groups -OCH3 is 2. The Morgan fingerprint density at radius 3 is 2.53 bits per heavy atom. The molecule has 36 heavy (non-hydrogen) atoms. The van der Waals surface area contributed by atoms with Gasteiger partial charge in [0.15, 0.2) is 11.5 Å². The van der Waals surface area contributed by atoms with Gasteiger partial charge in [-0.05, 0) is 42.3 Å². The van der Waals surface area contributed by atoms with Crippen molar-refractivity contribution in [3.63, 3.8) is 0 Å². The molecule has 0 radical (unpaired) electrons. The number of nitrogens with two attached hydrogens (primary N) is 1. The Hall–Kier alpha value is -3.63. The minimum Gasteiger partial charge on any atom is -0.493 e. The van der Waals surface area contributed by atoms with E-state index in [1.165, 1.54) is 19.1 Å². The van der Waals surface area contributed by atoms with Gasteiger partial charge in [0.1, 0.15) is 5.54 Å². The number of ether oxygens (including phenoxy) is 2. The number of imide groups is 1. The first-order valence-corrected chi connectivity index (χ1v) is 11.8. The Balaban J connectivity index is 1.49. The number of rotatable bonds is 7. The summed E-state index contributed by atoms with van der Waals surface area (Å²) < 4.78 is 10.6. The molecule has 0 saturated carbocycles. The Morgan fingerprint density at radius 1 is 1.08 bits per heavy atom. The Morgan fingerprint density at radius 2 is 1.83 bits per heavy atom. The van der Waals surface area contributed by atoms with Crippen LogP contribution >= 0.6 is 11.6 Å². The van der Waals surface area contributed by atoms with Gasteiger partial charge < -0.3 is 20.5 Å². The summed E-state index contributed by atoms with van der Waals surface area (Å²) in [5.74, 6) is -2.90. The molecule has 10 nitrogen and oxygen atoms in total. The number of carbonyl (C=O) groups excluding carboxylic acids is 4. The lowest BCUT2D eigenvalue weighted by Crippen LogP contribution is -2.53. The summed E-state index contributed by atoms with van der Waals surface area (Å²) in [6.07, 6.45) is 0.168. The van der Waals surface area contributed by atoms with E-state index in [0.717, 1.165) is 5.56 Å². The molecule has 1 spiro atoms. The highest BCUT2D eigenvalue weighted by atomic mass is 35.5. The van der Waals surface area contributed by atoms with Gasteiger partial charge in [-0.3, -0.25) is 29.4 Å². The van der Waals surface area contributed by atoms with Crippen LogP contribution in [0.5, 0.6) is 11.5 Å². The van der Waals surface area contributed by atoms with Crippen molar-refractivity contribution >= 4 is 40.9 Å². The quantitative estimate of drug-likeness (QED) is 0.473. The number of nitrogens with one attached hydrogen (secondary N) is 2. The van der Waals surface area contributed by atoms with Crippen LogP contribution in [0.3, 0.4) is 0 Å². The molecule has 2 fully saturated rings. The molecule has 4 N–H and O–H groups in total. The van der Waals surface area contributed by atoms with Crippen molar-refractivity contribution in [2.75, 3.05) is 26.1 Å². The Labute approximate surface area is 212 Å². The lowest BCUT2D eigenvalue weighted by molar-refractivity contribution is -0.142. The van der Waals surface area contributed by atoms with E-state index in [2.05, 4.69) is 10.6 Å². The molecule has 2 aromatic carbocycles. The van der Waals surface area contributed by atoms with Gasteiger partial charge in [0.05, 0.1) is 26.1 Å². The largest absolute Gasteiger partial charge is 0.493 e. The van der Waals surface area contributed by atoms with Crippen molar-refractivity contribution in [2.45, 2.75) is 24.4 Å². The van der Waals surface area contributed by atoms with Crippen molar-refractivity contribution in [1.82, 2.24) is 10.2 Å². The monoisotopic (exact) mass is 512 g/mol. The van der Waals surface area contributed by atoms with Crippen molar-refractivity contribution in [2.24, 2.45) is 17.6 Å². The lowest BCUT2D eigenvalue weighted by Gasteiger charge is -2.29. The molecule has 0 aliphatic carbocycles. The fraction of sp³-hybridized carbons (Fsp3) is 0.360. The summed E-state index contributed by atoms with van der Waals surface area (Å²) in [4.78, 5) is 53.7. The van der Waals surface area contributed by atoms with Crippen LogP contribution in [0, 0.1) is 11.8 Å². The number of benzene rings is 2. The van der Waals surface area contributed by atoms with Crippen LogP contribution in [0.25, 0.3) is 0 Å². The number of fused-ring (bicyclic) bond motifs is 4. The van der Waals surface area contributed by atoms with E-state index in [-0.39, 0.29) is 13.0 Å². The zero-order valence-electron chi connectivity index (χ0n) is 19.7. The number of likely N-dealkylation sites (tertiary alicyclic amines) is 1. The SMILES string of the molecule is COc1ccc(CCN2C(=O)[C@@H]3[C@@H](C2=O)[C@@]2(N[C@@H]3CC(N)=O)C(=O)Nc3ccc(Cl)cc32)cc1OC. The van der Waals surface area contributed by atoms with Crippen LogP contribution in [0.4, 0.5) is 5.69 Å². The van der Waals surface area contributed by atoms with E-state index < -0.39 is 47.0 Å². The van der Waals surface area contributed by atoms with Gasteiger partial charge in [-0.1, -0.05) is 17.7 Å². The molecule has 3 aliphatic rings. The van der Waals surface area contributed by atoms with Crippen LogP contribution in [-0.4, -0.2) is 55.3 Å². The number of primary amides is 1. The minimum absolute atomic E-state index is 0.101. The predicted octanol–water partition coefficient (Wildman–Crippen LogP) is 1.20. The normalized spacial score (nSPS) is 26.2. The highest BCUT2D eigenvalue weighted by Gasteiger charge is 2.70. The number of anilines is 1. The van der Waals surface area contributed by atoms with E-state index in [0.29, 0.717) is 34.2 Å². The second-order valence-corrected chi connectivity index (χ2v) is 9.58. The molecule has 2 aromatic rings. The van der Waals surface area contributed by atoms with E-state index in [1.807, 2.05) is 6.07 Å². The van der Waals surface area contributed by atoms with Gasteiger partial charge >= 0.3 is 0 Å². The number of hydrogen-bond acceptors (Lipinski definition) is 7. The molecular formula is C25H25ClN4O6. The number of carbonyl (C=O) groups is 4. The third kappa shape index (κ3) is 3.51. The first kappa shape index (κ1) is 24.1. The lowest BCUT2D eigenvalue weighted by atomic mass is 9.76.